The first-order valence-corrected chi connectivity index (χ1v) is 10.9. The van der Waals surface area contributed by atoms with Crippen molar-refractivity contribution in [3.63, 3.8) is 0 Å². The number of methoxy groups -OCH3 is 1. The molecule has 166 valence electrons. The molecule has 0 aliphatic carbocycles. The van der Waals surface area contributed by atoms with Crippen LogP contribution in [-0.2, 0) is 9.53 Å². The van der Waals surface area contributed by atoms with Gasteiger partial charge in [-0.2, -0.15) is 0 Å². The zero-order valence-corrected chi connectivity index (χ0v) is 20.1. The van der Waals surface area contributed by atoms with Crippen molar-refractivity contribution in [1.29, 1.82) is 0 Å². The lowest BCUT2D eigenvalue weighted by molar-refractivity contribution is -0.116. The number of amides is 2. The smallest absolute Gasteiger partial charge is 0.261 e. The van der Waals surface area contributed by atoms with Gasteiger partial charge in [0.25, 0.3) is 5.91 Å². The molecule has 0 radical (unpaired) electrons. The number of carbonyl (C=O) groups is 2. The molecule has 0 aromatic heterocycles. The Hall–Kier alpha value is -2.49. The Morgan fingerprint density at radius 1 is 1.03 bits per heavy atom. The monoisotopic (exact) mass is 507 g/mol. The van der Waals surface area contributed by atoms with Crippen molar-refractivity contribution in [3.05, 3.63) is 52.5 Å². The molecule has 0 fully saturated rings. The highest BCUT2D eigenvalue weighted by Gasteiger charge is 2.15. The predicted octanol–water partition coefficient (Wildman–Crippen LogP) is 4.59. The first-order valence-electron chi connectivity index (χ1n) is 9.72. The molecule has 0 aliphatic heterocycles. The molecule has 0 saturated carbocycles. The van der Waals surface area contributed by atoms with Gasteiger partial charge in [0.15, 0.2) is 5.11 Å². The van der Waals surface area contributed by atoms with E-state index < -0.39 is 5.91 Å². The molecule has 3 N–H and O–H groups in total. The lowest BCUT2D eigenvalue weighted by Crippen LogP contribution is -2.34. The summed E-state index contributed by atoms with van der Waals surface area (Å²) in [4.78, 5) is 24.6. The molecule has 2 aromatic rings. The number of thiocarbonyl (C=S) groups is 1. The normalized spacial score (nSPS) is 10.5. The van der Waals surface area contributed by atoms with E-state index in [0.717, 1.165) is 4.47 Å². The molecule has 0 bridgehead atoms. The Morgan fingerprint density at radius 3 is 2.29 bits per heavy atom. The average Bonchev–Trinajstić information content (AvgIpc) is 2.70. The van der Waals surface area contributed by atoms with Crippen LogP contribution in [0.4, 0.5) is 11.4 Å². The van der Waals surface area contributed by atoms with Gasteiger partial charge in [0.1, 0.15) is 12.4 Å². The van der Waals surface area contributed by atoms with Gasteiger partial charge in [0.05, 0.1) is 12.2 Å². The number of hydrogen-bond donors (Lipinski definition) is 3. The molecule has 0 aliphatic rings. The van der Waals surface area contributed by atoms with E-state index in [1.165, 1.54) is 0 Å². The van der Waals surface area contributed by atoms with Gasteiger partial charge >= 0.3 is 0 Å². The summed E-state index contributed by atoms with van der Waals surface area (Å²) in [6.45, 7) is 4.71. The maximum atomic E-state index is 12.7. The van der Waals surface area contributed by atoms with Crippen LogP contribution < -0.4 is 20.7 Å². The first kappa shape index (κ1) is 24.8. The van der Waals surface area contributed by atoms with Crippen LogP contribution in [0.3, 0.4) is 0 Å². The summed E-state index contributed by atoms with van der Waals surface area (Å²) in [6, 6.07) is 12.2. The fraction of sp³-hybridized carbons (Fsp3) is 0.318. The van der Waals surface area contributed by atoms with E-state index >= 15 is 0 Å². The zero-order valence-electron chi connectivity index (χ0n) is 17.7. The molecule has 0 spiro atoms. The van der Waals surface area contributed by atoms with Gasteiger partial charge in [-0.15, -0.1) is 0 Å². The van der Waals surface area contributed by atoms with E-state index in [1.807, 2.05) is 13.8 Å². The number of anilines is 2. The number of halogens is 1. The van der Waals surface area contributed by atoms with E-state index in [0.29, 0.717) is 42.3 Å². The number of rotatable bonds is 9. The van der Waals surface area contributed by atoms with Crippen molar-refractivity contribution in [2.75, 3.05) is 31.0 Å². The Kier molecular flexibility index (Phi) is 9.90. The van der Waals surface area contributed by atoms with Gasteiger partial charge < -0.3 is 20.1 Å². The molecular formula is C22H26BrN3O4S. The van der Waals surface area contributed by atoms with Crippen molar-refractivity contribution < 1.29 is 19.1 Å². The second-order valence-electron chi connectivity index (χ2n) is 7.11. The topological polar surface area (TPSA) is 88.7 Å². The highest BCUT2D eigenvalue weighted by molar-refractivity contribution is 9.10. The van der Waals surface area contributed by atoms with Crippen molar-refractivity contribution in [2.45, 2.75) is 20.3 Å². The molecule has 0 saturated heterocycles. The molecule has 2 rings (SSSR count). The summed E-state index contributed by atoms with van der Waals surface area (Å²) in [5.74, 6) is 0.292. The number of ether oxygens (including phenoxy) is 2. The van der Waals surface area contributed by atoms with Crippen molar-refractivity contribution >= 4 is 56.4 Å². The van der Waals surface area contributed by atoms with Crippen molar-refractivity contribution in [2.24, 2.45) is 5.92 Å². The highest BCUT2D eigenvalue weighted by atomic mass is 79.9. The maximum Gasteiger partial charge on any atom is 0.261 e. The standard InChI is InChI=1S/C22H26BrN3O4S/c1-14(2)12-20(27)24-16-5-7-17(8-6-16)25-22(31)26-21(28)18-13-15(23)4-9-19(18)30-11-10-29-3/h4-9,13-14H,10-12H2,1-3H3,(H,24,27)(H2,25,26,28,31). The maximum absolute atomic E-state index is 12.7. The minimum Gasteiger partial charge on any atom is -0.490 e. The third-order valence-electron chi connectivity index (χ3n) is 3.98. The van der Waals surface area contributed by atoms with Crippen molar-refractivity contribution in [1.82, 2.24) is 5.32 Å². The number of hydrogen-bond acceptors (Lipinski definition) is 5. The van der Waals surface area contributed by atoms with Crippen LogP contribution in [0.25, 0.3) is 0 Å². The molecule has 31 heavy (non-hydrogen) atoms. The van der Waals surface area contributed by atoms with Crippen LogP contribution in [0.2, 0.25) is 0 Å². The Labute approximate surface area is 196 Å². The quantitative estimate of drug-likeness (QED) is 0.339. The molecule has 0 heterocycles. The SMILES string of the molecule is COCCOc1ccc(Br)cc1C(=O)NC(=S)Nc1ccc(NC(=O)CC(C)C)cc1. The van der Waals surface area contributed by atoms with Gasteiger partial charge in [0, 0.05) is 29.4 Å². The minimum absolute atomic E-state index is 0.0314. The Bertz CT molecular complexity index is 919. The summed E-state index contributed by atoms with van der Waals surface area (Å²) in [5.41, 5.74) is 1.72. The van der Waals surface area contributed by atoms with E-state index in [2.05, 4.69) is 31.9 Å². The Balaban J connectivity index is 1.96. The predicted molar refractivity (Wildman–Crippen MR) is 130 cm³/mol. The van der Waals surface area contributed by atoms with Crippen molar-refractivity contribution in [3.8, 4) is 5.75 Å². The zero-order chi connectivity index (χ0) is 22.8. The summed E-state index contributed by atoms with van der Waals surface area (Å²) < 4.78 is 11.3. The fourth-order valence-corrected chi connectivity index (χ4v) is 3.16. The van der Waals surface area contributed by atoms with Crippen LogP contribution in [0.15, 0.2) is 46.9 Å². The van der Waals surface area contributed by atoms with Crippen LogP contribution >= 0.6 is 28.1 Å². The van der Waals surface area contributed by atoms with E-state index in [1.54, 1.807) is 49.6 Å². The summed E-state index contributed by atoms with van der Waals surface area (Å²) in [7, 11) is 1.58. The molecule has 0 unspecified atom stereocenters. The lowest BCUT2D eigenvalue weighted by atomic mass is 10.1. The number of carbonyl (C=O) groups excluding carboxylic acids is 2. The number of nitrogens with one attached hydrogen (secondary N) is 3. The molecular weight excluding hydrogens is 482 g/mol. The highest BCUT2D eigenvalue weighted by Crippen LogP contribution is 2.23. The van der Waals surface area contributed by atoms with Crippen LogP contribution in [0.1, 0.15) is 30.6 Å². The third-order valence-corrected chi connectivity index (χ3v) is 4.68. The molecule has 9 heteroatoms. The second-order valence-corrected chi connectivity index (χ2v) is 8.44. The summed E-state index contributed by atoms with van der Waals surface area (Å²) >= 11 is 8.62. The molecule has 0 atom stereocenters. The largest absolute Gasteiger partial charge is 0.490 e. The van der Waals surface area contributed by atoms with E-state index in [4.69, 9.17) is 21.7 Å². The first-order chi connectivity index (χ1) is 14.8. The van der Waals surface area contributed by atoms with E-state index in [-0.39, 0.29) is 16.9 Å². The average molecular weight is 508 g/mol. The summed E-state index contributed by atoms with van der Waals surface area (Å²) in [6.07, 6.45) is 0.461. The van der Waals surface area contributed by atoms with Gasteiger partial charge in [-0.1, -0.05) is 29.8 Å². The number of benzene rings is 2. The van der Waals surface area contributed by atoms with Crippen LogP contribution in [0, 0.1) is 5.92 Å². The summed E-state index contributed by atoms with van der Waals surface area (Å²) in [5, 5.41) is 8.59. The minimum atomic E-state index is -0.399. The van der Waals surface area contributed by atoms with Gasteiger partial charge in [-0.25, -0.2) is 0 Å². The van der Waals surface area contributed by atoms with Gasteiger partial charge in [-0.05, 0) is 60.6 Å². The fourth-order valence-electron chi connectivity index (χ4n) is 2.59. The third kappa shape index (κ3) is 8.64. The molecule has 7 nitrogen and oxygen atoms in total. The van der Waals surface area contributed by atoms with Gasteiger partial charge in [0.2, 0.25) is 5.91 Å². The van der Waals surface area contributed by atoms with Crippen LogP contribution in [-0.4, -0.2) is 37.3 Å². The van der Waals surface area contributed by atoms with Gasteiger partial charge in [-0.3, -0.25) is 14.9 Å². The Morgan fingerprint density at radius 2 is 1.68 bits per heavy atom. The second kappa shape index (κ2) is 12.4. The molecule has 2 amide bonds. The van der Waals surface area contributed by atoms with E-state index in [9.17, 15) is 9.59 Å². The van der Waals surface area contributed by atoms with Crippen LogP contribution in [0.5, 0.6) is 5.75 Å². The molecule has 2 aromatic carbocycles. The lowest BCUT2D eigenvalue weighted by Gasteiger charge is -2.14.